The lowest BCUT2D eigenvalue weighted by Gasteiger charge is -2.18. The van der Waals surface area contributed by atoms with Gasteiger partial charge in [0.2, 0.25) is 0 Å². The third kappa shape index (κ3) is 8.72. The Morgan fingerprint density at radius 1 is 0.824 bits per heavy atom. The first-order chi connectivity index (χ1) is 8.09. The number of carbonyl (C=O) groups excluding carboxylic acids is 2. The van der Waals surface area contributed by atoms with Crippen LogP contribution in [0.5, 0.6) is 0 Å². The number of hydrogen-bond donors (Lipinski definition) is 0. The summed E-state index contributed by atoms with van der Waals surface area (Å²) in [6.07, 6.45) is 8.73. The summed E-state index contributed by atoms with van der Waals surface area (Å²) in [6.45, 7) is 2.17. The van der Waals surface area contributed by atoms with E-state index < -0.39 is 17.9 Å². The fraction of sp³-hybridized carbons (Fsp3) is 0.846. The van der Waals surface area contributed by atoms with Gasteiger partial charge in [0.25, 0.3) is 0 Å². The van der Waals surface area contributed by atoms with E-state index in [0.29, 0.717) is 6.42 Å². The number of carbonyl (C=O) groups is 2. The minimum absolute atomic E-state index is 0.125. The van der Waals surface area contributed by atoms with E-state index >= 15 is 0 Å². The van der Waals surface area contributed by atoms with Crippen LogP contribution in [-0.2, 0) is 9.59 Å². The average molecular weight is 242 g/mol. The molecule has 0 aromatic rings. The van der Waals surface area contributed by atoms with Crippen molar-refractivity contribution in [2.24, 2.45) is 5.92 Å². The summed E-state index contributed by atoms with van der Waals surface area (Å²) in [5.74, 6) is -4.52. The molecule has 0 amide bonds. The molecular formula is C13H22O4-2. The SMILES string of the molecule is CCCCCCCCCCC(C(=O)[O-])C(=O)[O-]. The van der Waals surface area contributed by atoms with Gasteiger partial charge >= 0.3 is 0 Å². The molecule has 0 aliphatic rings. The van der Waals surface area contributed by atoms with E-state index in [2.05, 4.69) is 6.92 Å². The van der Waals surface area contributed by atoms with Crippen molar-refractivity contribution in [2.75, 3.05) is 0 Å². The van der Waals surface area contributed by atoms with Crippen LogP contribution < -0.4 is 10.2 Å². The van der Waals surface area contributed by atoms with Crippen molar-refractivity contribution in [3.05, 3.63) is 0 Å². The third-order valence-electron chi connectivity index (χ3n) is 2.92. The quantitative estimate of drug-likeness (QED) is 0.393. The van der Waals surface area contributed by atoms with Crippen molar-refractivity contribution >= 4 is 11.9 Å². The van der Waals surface area contributed by atoms with Gasteiger partial charge < -0.3 is 19.8 Å². The van der Waals surface area contributed by atoms with Crippen LogP contribution in [-0.4, -0.2) is 11.9 Å². The van der Waals surface area contributed by atoms with Crippen molar-refractivity contribution in [2.45, 2.75) is 64.7 Å². The molecule has 0 fully saturated rings. The maximum atomic E-state index is 10.4. The normalized spacial score (nSPS) is 10.7. The van der Waals surface area contributed by atoms with Gasteiger partial charge in [-0.3, -0.25) is 0 Å². The molecule has 4 nitrogen and oxygen atoms in total. The van der Waals surface area contributed by atoms with Crippen LogP contribution >= 0.6 is 0 Å². The molecule has 0 aromatic carbocycles. The Morgan fingerprint density at radius 2 is 1.24 bits per heavy atom. The van der Waals surface area contributed by atoms with Gasteiger partial charge in [0.05, 0.1) is 11.9 Å². The maximum Gasteiger partial charge on any atom is 0.0501 e. The van der Waals surface area contributed by atoms with Crippen LogP contribution in [0.1, 0.15) is 64.7 Å². The highest BCUT2D eigenvalue weighted by atomic mass is 16.4. The van der Waals surface area contributed by atoms with Gasteiger partial charge in [0, 0.05) is 5.92 Å². The monoisotopic (exact) mass is 242 g/mol. The van der Waals surface area contributed by atoms with Crippen molar-refractivity contribution < 1.29 is 19.8 Å². The minimum Gasteiger partial charge on any atom is -0.549 e. The van der Waals surface area contributed by atoms with E-state index in [-0.39, 0.29) is 6.42 Å². The lowest BCUT2D eigenvalue weighted by atomic mass is 10.0. The zero-order valence-corrected chi connectivity index (χ0v) is 10.6. The first-order valence-corrected chi connectivity index (χ1v) is 6.51. The van der Waals surface area contributed by atoms with E-state index in [1.54, 1.807) is 0 Å². The average Bonchev–Trinajstić information content (AvgIpc) is 2.26. The highest BCUT2D eigenvalue weighted by Crippen LogP contribution is 2.12. The molecule has 0 saturated heterocycles. The molecule has 0 saturated carbocycles. The maximum absolute atomic E-state index is 10.4. The minimum atomic E-state index is -1.53. The van der Waals surface area contributed by atoms with E-state index in [9.17, 15) is 19.8 Å². The van der Waals surface area contributed by atoms with Crippen LogP contribution in [0.25, 0.3) is 0 Å². The Labute approximate surface area is 103 Å². The fourth-order valence-corrected chi connectivity index (χ4v) is 1.81. The zero-order chi connectivity index (χ0) is 13.1. The lowest BCUT2D eigenvalue weighted by molar-refractivity contribution is -0.332. The molecule has 0 aliphatic heterocycles. The molecule has 0 unspecified atom stereocenters. The summed E-state index contributed by atoms with van der Waals surface area (Å²) in [5.41, 5.74) is 0. The van der Waals surface area contributed by atoms with Gasteiger partial charge in [0.1, 0.15) is 0 Å². The molecule has 0 atom stereocenters. The van der Waals surface area contributed by atoms with Crippen LogP contribution in [0.2, 0.25) is 0 Å². The Hall–Kier alpha value is -1.06. The van der Waals surface area contributed by atoms with E-state index in [0.717, 1.165) is 19.3 Å². The molecule has 0 radical (unpaired) electrons. The molecule has 0 aliphatic carbocycles. The topological polar surface area (TPSA) is 80.3 Å². The Morgan fingerprint density at radius 3 is 1.65 bits per heavy atom. The smallest absolute Gasteiger partial charge is 0.0501 e. The first-order valence-electron chi connectivity index (χ1n) is 6.51. The van der Waals surface area contributed by atoms with Gasteiger partial charge in [-0.05, 0) is 6.42 Å². The van der Waals surface area contributed by atoms with Crippen LogP contribution in [0.3, 0.4) is 0 Å². The number of hydrogen-bond acceptors (Lipinski definition) is 4. The molecule has 0 N–H and O–H groups in total. The predicted octanol–water partition coefficient (Wildman–Crippen LogP) is 0.633. The first kappa shape index (κ1) is 15.9. The van der Waals surface area contributed by atoms with E-state index in [1.807, 2.05) is 0 Å². The summed E-state index contributed by atoms with van der Waals surface area (Å²) in [5, 5.41) is 20.9. The van der Waals surface area contributed by atoms with Gasteiger partial charge in [-0.1, -0.05) is 58.3 Å². The van der Waals surface area contributed by atoms with Gasteiger partial charge in [-0.25, -0.2) is 0 Å². The molecule has 0 heterocycles. The summed E-state index contributed by atoms with van der Waals surface area (Å²) in [4.78, 5) is 20.9. The Balaban J connectivity index is 3.43. The number of carboxylic acid groups (broad SMARTS) is 2. The van der Waals surface area contributed by atoms with Gasteiger partial charge in [0.15, 0.2) is 0 Å². The molecule has 0 aromatic heterocycles. The van der Waals surface area contributed by atoms with Crippen LogP contribution in [0.4, 0.5) is 0 Å². The number of carboxylic acids is 2. The summed E-state index contributed by atoms with van der Waals surface area (Å²) < 4.78 is 0. The van der Waals surface area contributed by atoms with Gasteiger partial charge in [-0.15, -0.1) is 0 Å². The van der Waals surface area contributed by atoms with Crippen LogP contribution in [0, 0.1) is 5.92 Å². The molecule has 17 heavy (non-hydrogen) atoms. The summed E-state index contributed by atoms with van der Waals surface area (Å²) in [7, 11) is 0. The molecule has 0 bridgehead atoms. The summed E-state index contributed by atoms with van der Waals surface area (Å²) >= 11 is 0. The fourth-order valence-electron chi connectivity index (χ4n) is 1.81. The highest BCUT2D eigenvalue weighted by Gasteiger charge is 2.10. The molecule has 0 rings (SSSR count). The Kier molecular flexibility index (Phi) is 9.49. The van der Waals surface area contributed by atoms with Crippen molar-refractivity contribution in [3.63, 3.8) is 0 Å². The lowest BCUT2D eigenvalue weighted by Crippen LogP contribution is -2.43. The predicted molar refractivity (Wildman–Crippen MR) is 60.7 cm³/mol. The zero-order valence-electron chi connectivity index (χ0n) is 10.6. The van der Waals surface area contributed by atoms with Gasteiger partial charge in [-0.2, -0.15) is 0 Å². The summed E-state index contributed by atoms with van der Waals surface area (Å²) in [6, 6.07) is 0. The second-order valence-electron chi connectivity index (χ2n) is 4.45. The number of aliphatic carboxylic acids is 2. The Bertz CT molecular complexity index is 211. The van der Waals surface area contributed by atoms with E-state index in [1.165, 1.54) is 25.7 Å². The highest BCUT2D eigenvalue weighted by molar-refractivity contribution is 5.90. The molecule has 0 spiro atoms. The number of unbranched alkanes of at least 4 members (excludes halogenated alkanes) is 7. The third-order valence-corrected chi connectivity index (χ3v) is 2.92. The van der Waals surface area contributed by atoms with Crippen LogP contribution in [0.15, 0.2) is 0 Å². The standard InChI is InChI=1S/C13H24O4/c1-2-3-4-5-6-7-8-9-10-11(12(14)15)13(16)17/h11H,2-10H2,1H3,(H,14,15)(H,16,17)/p-2. The van der Waals surface area contributed by atoms with Crippen molar-refractivity contribution in [1.82, 2.24) is 0 Å². The van der Waals surface area contributed by atoms with E-state index in [4.69, 9.17) is 0 Å². The van der Waals surface area contributed by atoms with Crippen molar-refractivity contribution in [1.29, 1.82) is 0 Å². The largest absolute Gasteiger partial charge is 0.549 e. The second kappa shape index (κ2) is 10.1. The molecule has 100 valence electrons. The van der Waals surface area contributed by atoms with Crippen molar-refractivity contribution in [3.8, 4) is 0 Å². The molecule has 4 heteroatoms. The second-order valence-corrected chi connectivity index (χ2v) is 4.45. The molecular weight excluding hydrogens is 220 g/mol. The number of rotatable bonds is 11.